The first kappa shape index (κ1) is 62.9. The van der Waals surface area contributed by atoms with Crippen molar-refractivity contribution >= 4 is 13.7 Å². The third-order valence-corrected chi connectivity index (χ3v) is 12.5. The van der Waals surface area contributed by atoms with E-state index in [-0.39, 0.29) is 18.9 Å². The Hall–Kier alpha value is -2.10. The van der Waals surface area contributed by atoms with Crippen molar-refractivity contribution in [3.63, 3.8) is 0 Å². The van der Waals surface area contributed by atoms with Gasteiger partial charge in [0.25, 0.3) is 0 Å². The molecule has 10 heteroatoms. The molecule has 0 aromatic carbocycles. The molecule has 0 fully saturated rings. The number of nitrogens with zero attached hydrogens (tertiary/aromatic N) is 1. The van der Waals surface area contributed by atoms with Crippen LogP contribution in [0.3, 0.4) is 0 Å². The number of amides is 1. The normalized spacial score (nSPS) is 15.1. The van der Waals surface area contributed by atoms with Crippen molar-refractivity contribution in [1.29, 1.82) is 0 Å². The van der Waals surface area contributed by atoms with E-state index < -0.39 is 32.7 Å². The molecule has 0 aliphatic rings. The van der Waals surface area contributed by atoms with Gasteiger partial charge < -0.3 is 24.9 Å². The van der Waals surface area contributed by atoms with Crippen LogP contribution in [0.2, 0.25) is 0 Å². The first-order valence-electron chi connectivity index (χ1n) is 26.4. The molecule has 0 spiro atoms. The molecular formula is C55H102N2O7P+. The zero-order chi connectivity index (χ0) is 48.0. The van der Waals surface area contributed by atoms with Crippen molar-refractivity contribution in [3.05, 3.63) is 72.9 Å². The number of aliphatic hydroxyl groups excluding tert-OH is 2. The summed E-state index contributed by atoms with van der Waals surface area (Å²) in [6.07, 6.45) is 58.5. The number of carbonyl (C=O) groups excluding carboxylic acids is 1. The average molecular weight is 934 g/mol. The van der Waals surface area contributed by atoms with Crippen molar-refractivity contribution < 1.29 is 38.0 Å². The quantitative estimate of drug-likeness (QED) is 0.0207. The summed E-state index contributed by atoms with van der Waals surface area (Å²) in [7, 11) is 1.40. The molecule has 9 nitrogen and oxygen atoms in total. The molecule has 1 amide bonds. The Morgan fingerprint density at radius 1 is 0.554 bits per heavy atom. The molecule has 0 aromatic rings. The minimum absolute atomic E-state index is 0.0117. The highest BCUT2D eigenvalue weighted by molar-refractivity contribution is 7.47. The number of phosphoric acid groups is 1. The van der Waals surface area contributed by atoms with Crippen molar-refractivity contribution in [1.82, 2.24) is 5.32 Å². The van der Waals surface area contributed by atoms with E-state index in [1.165, 1.54) is 103 Å². The average Bonchev–Trinajstić information content (AvgIpc) is 3.26. The number of likely N-dealkylation sites (N-methyl/N-ethyl adjacent to an activating group) is 1. The molecule has 0 bridgehead atoms. The van der Waals surface area contributed by atoms with Crippen LogP contribution in [0, 0.1) is 0 Å². The molecule has 0 aromatic heterocycles. The van der Waals surface area contributed by atoms with Gasteiger partial charge in [0.2, 0.25) is 5.91 Å². The predicted octanol–water partition coefficient (Wildman–Crippen LogP) is 14.5. The fourth-order valence-corrected chi connectivity index (χ4v) is 8.06. The van der Waals surface area contributed by atoms with Crippen LogP contribution in [0.1, 0.15) is 213 Å². The van der Waals surface area contributed by atoms with Crippen molar-refractivity contribution in [2.75, 3.05) is 40.9 Å². The van der Waals surface area contributed by atoms with Crippen LogP contribution in [-0.4, -0.2) is 84.6 Å². The summed E-state index contributed by atoms with van der Waals surface area (Å²) in [5, 5.41) is 24.7. The van der Waals surface area contributed by atoms with E-state index in [2.05, 4.69) is 92.1 Å². The highest BCUT2D eigenvalue weighted by Crippen LogP contribution is 2.43. The lowest BCUT2D eigenvalue weighted by Crippen LogP contribution is -2.51. The van der Waals surface area contributed by atoms with Crippen LogP contribution in [0.25, 0.3) is 0 Å². The van der Waals surface area contributed by atoms with Crippen LogP contribution in [0.15, 0.2) is 72.9 Å². The Morgan fingerprint density at radius 2 is 0.969 bits per heavy atom. The monoisotopic (exact) mass is 934 g/mol. The lowest BCUT2D eigenvalue weighted by molar-refractivity contribution is -0.870. The Balaban J connectivity index is 4.22. The van der Waals surface area contributed by atoms with Gasteiger partial charge in [0.05, 0.1) is 39.9 Å². The van der Waals surface area contributed by atoms with E-state index in [4.69, 9.17) is 9.05 Å². The van der Waals surface area contributed by atoms with E-state index >= 15 is 0 Å². The summed E-state index contributed by atoms with van der Waals surface area (Å²) in [6.45, 7) is 4.43. The fraction of sp³-hybridized carbons (Fsp3) is 0.764. The summed E-state index contributed by atoms with van der Waals surface area (Å²) < 4.78 is 23.5. The SMILES string of the molecule is CC/C=C\C/C=C\C/C=C\C/C=C\CCCCCCCCCCCCCCCCCCC(=O)NC(COP(=O)(O)OCC[N+](C)(C)C)C(O)C(O)CCC/C=C/CC/C=C/CCCCC. The number of hydrogen-bond donors (Lipinski definition) is 4. The number of allylic oxidation sites excluding steroid dienone is 12. The van der Waals surface area contributed by atoms with Gasteiger partial charge >= 0.3 is 7.82 Å². The third kappa shape index (κ3) is 46.8. The largest absolute Gasteiger partial charge is 0.472 e. The second-order valence-corrected chi connectivity index (χ2v) is 20.4. The molecule has 4 N–H and O–H groups in total. The van der Waals surface area contributed by atoms with E-state index in [9.17, 15) is 24.5 Å². The Bertz CT molecular complexity index is 1300. The zero-order valence-corrected chi connectivity index (χ0v) is 43.5. The Morgan fingerprint density at radius 3 is 1.46 bits per heavy atom. The zero-order valence-electron chi connectivity index (χ0n) is 42.6. The highest BCUT2D eigenvalue weighted by Gasteiger charge is 2.31. The number of rotatable bonds is 47. The van der Waals surface area contributed by atoms with Crippen molar-refractivity contribution in [2.45, 2.75) is 231 Å². The lowest BCUT2D eigenvalue weighted by atomic mass is 10.0. The van der Waals surface area contributed by atoms with Crippen LogP contribution < -0.4 is 5.32 Å². The molecule has 0 saturated heterocycles. The summed E-state index contributed by atoms with van der Waals surface area (Å²) in [6, 6.07) is -1.06. The fourth-order valence-electron chi connectivity index (χ4n) is 7.33. The molecule has 0 heterocycles. The Labute approximate surface area is 400 Å². The van der Waals surface area contributed by atoms with Gasteiger partial charge in [-0.05, 0) is 89.9 Å². The van der Waals surface area contributed by atoms with Gasteiger partial charge in [0.15, 0.2) is 0 Å². The number of carbonyl (C=O) groups is 1. The van der Waals surface area contributed by atoms with E-state index in [1.54, 1.807) is 0 Å². The summed E-state index contributed by atoms with van der Waals surface area (Å²) in [5.74, 6) is -0.274. The van der Waals surface area contributed by atoms with Gasteiger partial charge in [-0.1, -0.05) is 189 Å². The molecule has 65 heavy (non-hydrogen) atoms. The van der Waals surface area contributed by atoms with Gasteiger partial charge in [0.1, 0.15) is 19.3 Å². The van der Waals surface area contributed by atoms with Crippen molar-refractivity contribution in [3.8, 4) is 0 Å². The van der Waals surface area contributed by atoms with Gasteiger partial charge in [-0.2, -0.15) is 0 Å². The standard InChI is InChI=1S/C55H101N2O7P/c1-6-8-10-12-14-16-18-20-21-22-23-24-25-26-27-28-29-30-31-32-33-34-35-36-38-40-42-44-46-48-54(59)56-52(51-64-65(61,62)63-50-49-57(3,4)5)55(60)53(58)47-45-43-41-39-37-19-17-15-13-11-9-7-2/h8,10,14-17,20-21,23-24,39,41,52-53,55,58,60H,6-7,9,11-13,18-19,22,25-38,40,42-51H2,1-5H3,(H-,56,59,61,62)/p+1/b10-8-,16-14-,17-15+,21-20-,24-23-,41-39+. The van der Waals surface area contributed by atoms with Crippen LogP contribution in [0.4, 0.5) is 0 Å². The number of aliphatic hydroxyl groups is 2. The van der Waals surface area contributed by atoms with Crippen LogP contribution in [-0.2, 0) is 18.4 Å². The highest BCUT2D eigenvalue weighted by atomic mass is 31.2. The second kappa shape index (κ2) is 45.7. The number of phosphoric ester groups is 1. The van der Waals surface area contributed by atoms with Crippen molar-refractivity contribution in [2.24, 2.45) is 0 Å². The molecule has 4 atom stereocenters. The predicted molar refractivity (Wildman–Crippen MR) is 278 cm³/mol. The molecule has 0 aliphatic carbocycles. The molecule has 378 valence electrons. The molecule has 0 aliphatic heterocycles. The van der Waals surface area contributed by atoms with Crippen LogP contribution >= 0.6 is 7.82 Å². The molecule has 0 rings (SSSR count). The molecule has 0 radical (unpaired) electrons. The van der Waals surface area contributed by atoms with Gasteiger partial charge in [-0.15, -0.1) is 0 Å². The maximum atomic E-state index is 13.0. The topological polar surface area (TPSA) is 125 Å². The van der Waals surface area contributed by atoms with Crippen LogP contribution in [0.5, 0.6) is 0 Å². The van der Waals surface area contributed by atoms with Gasteiger partial charge in [-0.3, -0.25) is 13.8 Å². The number of quaternary nitrogens is 1. The maximum absolute atomic E-state index is 13.0. The summed E-state index contributed by atoms with van der Waals surface area (Å²) in [4.78, 5) is 23.3. The first-order chi connectivity index (χ1) is 31.4. The number of nitrogens with one attached hydrogen (secondary N) is 1. The smallest absolute Gasteiger partial charge is 0.390 e. The van der Waals surface area contributed by atoms with Gasteiger partial charge in [0, 0.05) is 6.42 Å². The second-order valence-electron chi connectivity index (χ2n) is 19.0. The third-order valence-electron chi connectivity index (χ3n) is 11.5. The molecular weight excluding hydrogens is 832 g/mol. The molecule has 4 unspecified atom stereocenters. The minimum atomic E-state index is -4.43. The van der Waals surface area contributed by atoms with E-state index in [1.807, 2.05) is 21.1 Å². The first-order valence-corrected chi connectivity index (χ1v) is 27.9. The van der Waals surface area contributed by atoms with E-state index in [0.29, 0.717) is 23.9 Å². The summed E-state index contributed by atoms with van der Waals surface area (Å²) in [5.41, 5.74) is 0. The lowest BCUT2D eigenvalue weighted by Gasteiger charge is -2.28. The summed E-state index contributed by atoms with van der Waals surface area (Å²) >= 11 is 0. The molecule has 0 saturated carbocycles. The number of hydrogen-bond acceptors (Lipinski definition) is 6. The Kier molecular flexibility index (Phi) is 44.2. The van der Waals surface area contributed by atoms with E-state index in [0.717, 1.165) is 77.0 Å². The van der Waals surface area contributed by atoms with Gasteiger partial charge in [-0.25, -0.2) is 4.57 Å². The maximum Gasteiger partial charge on any atom is 0.472 e. The minimum Gasteiger partial charge on any atom is -0.390 e. The number of unbranched alkanes of at least 4 members (excludes halogenated alkanes) is 21.